The highest BCUT2D eigenvalue weighted by Gasteiger charge is 2.20. The zero-order valence-corrected chi connectivity index (χ0v) is 11.9. The Morgan fingerprint density at radius 2 is 2.00 bits per heavy atom. The second kappa shape index (κ2) is 5.74. The lowest BCUT2D eigenvalue weighted by molar-refractivity contribution is 0.0741. The molecule has 104 valence electrons. The number of aromatic hydroxyl groups is 1. The molecule has 4 heteroatoms. The van der Waals surface area contributed by atoms with Gasteiger partial charge in [-0.2, -0.15) is 0 Å². The van der Waals surface area contributed by atoms with Gasteiger partial charge in [-0.3, -0.25) is 9.78 Å². The molecule has 0 spiro atoms. The molecule has 2 aromatic rings. The minimum absolute atomic E-state index is 0.0914. The molecule has 0 bridgehead atoms. The van der Waals surface area contributed by atoms with E-state index in [0.717, 1.165) is 11.3 Å². The molecular weight excluding hydrogens is 252 g/mol. The lowest BCUT2D eigenvalue weighted by Gasteiger charge is -2.26. The molecule has 1 atom stereocenters. The second-order valence-corrected chi connectivity index (χ2v) is 4.84. The van der Waals surface area contributed by atoms with Crippen LogP contribution in [-0.4, -0.2) is 27.9 Å². The smallest absolute Gasteiger partial charge is 0.254 e. The Bertz CT molecular complexity index is 625. The first-order valence-electron chi connectivity index (χ1n) is 6.48. The Labute approximate surface area is 118 Å². The number of para-hydroxylation sites is 1. The van der Waals surface area contributed by atoms with Crippen molar-refractivity contribution in [2.45, 2.75) is 19.9 Å². The van der Waals surface area contributed by atoms with Crippen molar-refractivity contribution in [3.8, 4) is 5.75 Å². The third kappa shape index (κ3) is 2.79. The number of hydrogen-bond acceptors (Lipinski definition) is 3. The highest BCUT2D eigenvalue weighted by atomic mass is 16.3. The molecular formula is C16H18N2O2. The Morgan fingerprint density at radius 3 is 2.65 bits per heavy atom. The Morgan fingerprint density at radius 1 is 1.30 bits per heavy atom. The van der Waals surface area contributed by atoms with Crippen molar-refractivity contribution in [1.82, 2.24) is 9.88 Å². The summed E-state index contributed by atoms with van der Waals surface area (Å²) in [5.74, 6) is 0.108. The van der Waals surface area contributed by atoms with Crippen molar-refractivity contribution >= 4 is 5.91 Å². The molecule has 1 unspecified atom stereocenters. The molecule has 1 amide bonds. The number of aromatic nitrogens is 1. The Balaban J connectivity index is 2.25. The average molecular weight is 270 g/mol. The summed E-state index contributed by atoms with van der Waals surface area (Å²) in [5.41, 5.74) is 2.14. The van der Waals surface area contributed by atoms with E-state index in [1.165, 1.54) is 0 Å². The van der Waals surface area contributed by atoms with Crippen LogP contribution in [0.25, 0.3) is 0 Å². The number of nitrogens with zero attached hydrogens (tertiary/aromatic N) is 2. The average Bonchev–Trinajstić information content (AvgIpc) is 2.45. The van der Waals surface area contributed by atoms with Gasteiger partial charge in [-0.15, -0.1) is 0 Å². The van der Waals surface area contributed by atoms with E-state index in [0.29, 0.717) is 5.56 Å². The van der Waals surface area contributed by atoms with Crippen LogP contribution in [0, 0.1) is 6.92 Å². The van der Waals surface area contributed by atoms with Crippen LogP contribution in [0.3, 0.4) is 0 Å². The van der Waals surface area contributed by atoms with Crippen LogP contribution in [0.1, 0.15) is 34.6 Å². The fourth-order valence-corrected chi connectivity index (χ4v) is 2.11. The highest BCUT2D eigenvalue weighted by molar-refractivity contribution is 5.94. The van der Waals surface area contributed by atoms with Gasteiger partial charge >= 0.3 is 0 Å². The molecule has 0 saturated carbocycles. The van der Waals surface area contributed by atoms with Gasteiger partial charge < -0.3 is 10.0 Å². The summed E-state index contributed by atoms with van der Waals surface area (Å²) in [5, 5.41) is 9.88. The van der Waals surface area contributed by atoms with Crippen LogP contribution < -0.4 is 0 Å². The van der Waals surface area contributed by atoms with E-state index < -0.39 is 0 Å². The number of aryl methyl sites for hydroxylation is 1. The highest BCUT2D eigenvalue weighted by Crippen LogP contribution is 2.28. The normalized spacial score (nSPS) is 11.9. The number of phenolic OH excluding ortho intramolecular Hbond substituents is 1. The summed E-state index contributed by atoms with van der Waals surface area (Å²) in [6.07, 6.45) is 1.63. The number of amides is 1. The van der Waals surface area contributed by atoms with Gasteiger partial charge in [0, 0.05) is 30.1 Å². The molecule has 1 N–H and O–H groups in total. The van der Waals surface area contributed by atoms with Crippen molar-refractivity contribution in [2.24, 2.45) is 0 Å². The quantitative estimate of drug-likeness (QED) is 0.933. The third-order valence-electron chi connectivity index (χ3n) is 3.43. The number of hydrogen-bond donors (Lipinski definition) is 1. The molecule has 0 radical (unpaired) electrons. The van der Waals surface area contributed by atoms with Gasteiger partial charge in [0.1, 0.15) is 5.75 Å². The second-order valence-electron chi connectivity index (χ2n) is 4.84. The van der Waals surface area contributed by atoms with Gasteiger partial charge in [-0.05, 0) is 32.0 Å². The number of phenols is 1. The van der Waals surface area contributed by atoms with Crippen LogP contribution in [0.15, 0.2) is 42.6 Å². The predicted octanol–water partition coefficient (Wildman–Crippen LogP) is 2.93. The Kier molecular flexibility index (Phi) is 4.03. The molecule has 0 aliphatic carbocycles. The first kappa shape index (κ1) is 14.1. The van der Waals surface area contributed by atoms with Crippen molar-refractivity contribution in [3.05, 3.63) is 59.4 Å². The van der Waals surface area contributed by atoms with Gasteiger partial charge in [0.05, 0.1) is 6.04 Å². The molecule has 1 heterocycles. The first-order chi connectivity index (χ1) is 9.50. The molecule has 0 saturated heterocycles. The van der Waals surface area contributed by atoms with Crippen LogP contribution in [0.5, 0.6) is 5.75 Å². The summed E-state index contributed by atoms with van der Waals surface area (Å²) >= 11 is 0. The SMILES string of the molecule is Cc1cc(C(=O)N(C)C(C)c2ccccc2O)ccn1. The molecule has 2 rings (SSSR count). The summed E-state index contributed by atoms with van der Waals surface area (Å²) in [7, 11) is 1.73. The van der Waals surface area contributed by atoms with Gasteiger partial charge in [0.2, 0.25) is 0 Å². The van der Waals surface area contributed by atoms with E-state index in [1.807, 2.05) is 26.0 Å². The van der Waals surface area contributed by atoms with Crippen LogP contribution in [-0.2, 0) is 0 Å². The molecule has 0 aliphatic heterocycles. The number of rotatable bonds is 3. The molecule has 1 aromatic heterocycles. The van der Waals surface area contributed by atoms with Gasteiger partial charge in [0.15, 0.2) is 0 Å². The summed E-state index contributed by atoms with van der Waals surface area (Å²) < 4.78 is 0. The van der Waals surface area contributed by atoms with Gasteiger partial charge in [-0.1, -0.05) is 18.2 Å². The number of benzene rings is 1. The minimum atomic E-state index is -0.211. The molecule has 0 fully saturated rings. The standard InChI is InChI=1S/C16H18N2O2/c1-11-10-13(8-9-17-11)16(20)18(3)12(2)14-6-4-5-7-15(14)19/h4-10,12,19H,1-3H3. The van der Waals surface area contributed by atoms with Crippen molar-refractivity contribution in [1.29, 1.82) is 0 Å². The van der Waals surface area contributed by atoms with Gasteiger partial charge in [-0.25, -0.2) is 0 Å². The van der Waals surface area contributed by atoms with E-state index in [9.17, 15) is 9.90 Å². The maximum Gasteiger partial charge on any atom is 0.254 e. The van der Waals surface area contributed by atoms with E-state index in [4.69, 9.17) is 0 Å². The molecule has 0 aliphatic rings. The fourth-order valence-electron chi connectivity index (χ4n) is 2.11. The van der Waals surface area contributed by atoms with Crippen molar-refractivity contribution in [2.75, 3.05) is 7.05 Å². The number of carbonyl (C=O) groups excluding carboxylic acids is 1. The van der Waals surface area contributed by atoms with E-state index >= 15 is 0 Å². The van der Waals surface area contributed by atoms with Crippen LogP contribution >= 0.6 is 0 Å². The van der Waals surface area contributed by atoms with Gasteiger partial charge in [0.25, 0.3) is 5.91 Å². The lowest BCUT2D eigenvalue weighted by Crippen LogP contribution is -2.29. The maximum atomic E-state index is 12.4. The monoisotopic (exact) mass is 270 g/mol. The topological polar surface area (TPSA) is 53.4 Å². The van der Waals surface area contributed by atoms with Crippen molar-refractivity contribution < 1.29 is 9.90 Å². The lowest BCUT2D eigenvalue weighted by atomic mass is 10.1. The van der Waals surface area contributed by atoms with E-state index in [1.54, 1.807) is 42.4 Å². The maximum absolute atomic E-state index is 12.4. The zero-order valence-electron chi connectivity index (χ0n) is 11.9. The fraction of sp³-hybridized carbons (Fsp3) is 0.250. The molecule has 20 heavy (non-hydrogen) atoms. The Hall–Kier alpha value is -2.36. The zero-order chi connectivity index (χ0) is 14.7. The van der Waals surface area contributed by atoms with E-state index in [-0.39, 0.29) is 17.7 Å². The molecule has 4 nitrogen and oxygen atoms in total. The first-order valence-corrected chi connectivity index (χ1v) is 6.48. The minimum Gasteiger partial charge on any atom is -0.508 e. The van der Waals surface area contributed by atoms with E-state index in [2.05, 4.69) is 4.98 Å². The third-order valence-corrected chi connectivity index (χ3v) is 3.43. The van der Waals surface area contributed by atoms with Crippen molar-refractivity contribution in [3.63, 3.8) is 0 Å². The summed E-state index contributed by atoms with van der Waals surface area (Å²) in [6, 6.07) is 10.3. The summed E-state index contributed by atoms with van der Waals surface area (Å²) in [4.78, 5) is 18.1. The van der Waals surface area contributed by atoms with Crippen LogP contribution in [0.2, 0.25) is 0 Å². The number of carbonyl (C=O) groups is 1. The molecule has 1 aromatic carbocycles. The summed E-state index contributed by atoms with van der Waals surface area (Å²) in [6.45, 7) is 3.74. The predicted molar refractivity (Wildman–Crippen MR) is 77.6 cm³/mol. The number of pyridine rings is 1. The van der Waals surface area contributed by atoms with Crippen LogP contribution in [0.4, 0.5) is 0 Å². The largest absolute Gasteiger partial charge is 0.508 e.